The van der Waals surface area contributed by atoms with E-state index in [4.69, 9.17) is 0 Å². The number of benzene rings is 1. The van der Waals surface area contributed by atoms with E-state index in [0.717, 1.165) is 111 Å². The molecule has 174 valence electrons. The summed E-state index contributed by atoms with van der Waals surface area (Å²) in [5, 5.41) is 22.3. The molecular formula is C28H28N2O4. The number of carbonyl (C=O) groups excluding carboxylic acids is 2. The third-order valence-electron chi connectivity index (χ3n) is 8.43. The number of phenolic OH excluding ortho intramolecular Hbond substituents is 1. The second kappa shape index (κ2) is 7.11. The van der Waals surface area contributed by atoms with Crippen LogP contribution in [0.3, 0.4) is 0 Å². The van der Waals surface area contributed by atoms with Crippen LogP contribution in [0.1, 0.15) is 55.2 Å². The van der Waals surface area contributed by atoms with Crippen molar-refractivity contribution >= 4 is 22.8 Å². The summed E-state index contributed by atoms with van der Waals surface area (Å²) in [6, 6.07) is 1.89. The van der Waals surface area contributed by atoms with E-state index in [-0.39, 0.29) is 34.2 Å². The van der Waals surface area contributed by atoms with Gasteiger partial charge in [-0.3, -0.25) is 9.59 Å². The van der Waals surface area contributed by atoms with Crippen LogP contribution < -0.4 is 4.90 Å². The molecule has 0 unspecified atom stereocenters. The third kappa shape index (κ3) is 2.57. The maximum Gasteiger partial charge on any atom is 0.202 e. The van der Waals surface area contributed by atoms with Crippen LogP contribution in [-0.4, -0.2) is 52.9 Å². The Morgan fingerprint density at radius 2 is 1.47 bits per heavy atom. The minimum absolute atomic E-state index is 0.109. The van der Waals surface area contributed by atoms with Crippen LogP contribution >= 0.6 is 0 Å². The fraction of sp³-hybridized carbons (Fsp3) is 0.429. The number of aliphatic hydroxyl groups is 1. The van der Waals surface area contributed by atoms with Crippen LogP contribution in [0.4, 0.5) is 5.69 Å². The van der Waals surface area contributed by atoms with Gasteiger partial charge in [-0.2, -0.15) is 0 Å². The van der Waals surface area contributed by atoms with E-state index in [2.05, 4.69) is 9.80 Å². The molecule has 0 saturated carbocycles. The zero-order valence-corrected chi connectivity index (χ0v) is 19.2. The summed E-state index contributed by atoms with van der Waals surface area (Å²) in [5.74, 6) is -0.502. The number of rotatable bonds is 1. The number of hydrogen-bond donors (Lipinski definition) is 2. The van der Waals surface area contributed by atoms with Crippen LogP contribution in [0.2, 0.25) is 0 Å². The Kier molecular flexibility index (Phi) is 4.21. The number of piperidine rings is 1. The molecule has 7 rings (SSSR count). The molecule has 6 heteroatoms. The second-order valence-electron chi connectivity index (χ2n) is 10.3. The van der Waals surface area contributed by atoms with E-state index in [1.807, 2.05) is 12.1 Å². The number of anilines is 1. The molecule has 0 spiro atoms. The van der Waals surface area contributed by atoms with Crippen molar-refractivity contribution in [2.24, 2.45) is 0 Å². The summed E-state index contributed by atoms with van der Waals surface area (Å²) in [6.07, 6.45) is 9.09. The average Bonchev–Trinajstić information content (AvgIpc) is 2.85. The number of aliphatic hydroxyl groups excluding tert-OH is 1. The summed E-state index contributed by atoms with van der Waals surface area (Å²) >= 11 is 0. The second-order valence-corrected chi connectivity index (χ2v) is 10.3. The molecule has 1 fully saturated rings. The number of ketones is 2. The van der Waals surface area contributed by atoms with Gasteiger partial charge in [0.2, 0.25) is 5.78 Å². The van der Waals surface area contributed by atoms with Crippen molar-refractivity contribution in [1.82, 2.24) is 4.90 Å². The topological polar surface area (TPSA) is 81.1 Å². The molecule has 0 bridgehead atoms. The van der Waals surface area contributed by atoms with E-state index in [1.165, 1.54) is 0 Å². The number of Topliss-reactive ketones (excluding diaryl/α,β-unsaturated/α-hetero) is 2. The number of nitrogens with zero attached hydrogens (tertiary/aromatic N) is 2. The first-order chi connectivity index (χ1) is 16.5. The smallest absolute Gasteiger partial charge is 0.202 e. The van der Waals surface area contributed by atoms with Crippen LogP contribution in [0.25, 0.3) is 5.57 Å². The maximum absolute atomic E-state index is 13.4. The quantitative estimate of drug-likeness (QED) is 0.624. The minimum atomic E-state index is -0.337. The Balaban J connectivity index is 1.36. The van der Waals surface area contributed by atoms with Gasteiger partial charge in [0.15, 0.2) is 5.78 Å². The van der Waals surface area contributed by atoms with E-state index in [1.54, 1.807) is 0 Å². The number of aromatic hydroxyl groups is 1. The standard InChI is InChI=1S/C28H28N2O4/c31-25-17-7-3-11-29-9-1-5-15(23(17)29)13-19(25)21-27(33)22(28(21)34)20-14-16-6-2-10-30-12-4-8-18(24(16)30)26(20)32/h13-14,31,33H,1-12H2. The van der Waals surface area contributed by atoms with Gasteiger partial charge >= 0.3 is 0 Å². The predicted octanol–water partition coefficient (Wildman–Crippen LogP) is 3.89. The van der Waals surface area contributed by atoms with Gasteiger partial charge in [0.1, 0.15) is 11.5 Å². The zero-order valence-electron chi connectivity index (χ0n) is 19.2. The first-order valence-electron chi connectivity index (χ1n) is 12.6. The van der Waals surface area contributed by atoms with Gasteiger partial charge in [-0.05, 0) is 74.6 Å². The molecule has 6 aliphatic rings. The summed E-state index contributed by atoms with van der Waals surface area (Å²) in [6.45, 7) is 3.93. The molecule has 0 atom stereocenters. The van der Waals surface area contributed by atoms with Crippen molar-refractivity contribution in [3.8, 4) is 5.75 Å². The Morgan fingerprint density at radius 3 is 2.26 bits per heavy atom. The Labute approximate surface area is 198 Å². The number of carbonyl (C=O) groups is 2. The van der Waals surface area contributed by atoms with Crippen LogP contribution in [0.5, 0.6) is 5.75 Å². The number of allylic oxidation sites excluding steroid dienone is 6. The SMILES string of the molecule is O=C1C(=C2C(=O)C(c3cc4c5c(c3O)CCCN5CCC4)=C2O)C=C2CCCN3CCCC1=C23. The largest absolute Gasteiger partial charge is 0.507 e. The molecular weight excluding hydrogens is 428 g/mol. The lowest BCUT2D eigenvalue weighted by Gasteiger charge is -2.41. The minimum Gasteiger partial charge on any atom is -0.507 e. The lowest BCUT2D eigenvalue weighted by molar-refractivity contribution is -0.114. The molecule has 6 nitrogen and oxygen atoms in total. The molecule has 0 amide bonds. The molecule has 4 aliphatic heterocycles. The van der Waals surface area contributed by atoms with Crippen molar-refractivity contribution in [3.05, 3.63) is 62.6 Å². The Morgan fingerprint density at radius 1 is 0.765 bits per heavy atom. The highest BCUT2D eigenvalue weighted by atomic mass is 16.3. The van der Waals surface area contributed by atoms with Crippen molar-refractivity contribution in [2.75, 3.05) is 31.1 Å². The number of phenols is 1. The molecule has 0 radical (unpaired) electrons. The molecule has 1 saturated heterocycles. The fourth-order valence-corrected chi connectivity index (χ4v) is 6.95. The van der Waals surface area contributed by atoms with Crippen molar-refractivity contribution in [3.63, 3.8) is 0 Å². The van der Waals surface area contributed by atoms with Gasteiger partial charge in [-0.15, -0.1) is 0 Å². The number of hydrogen-bond acceptors (Lipinski definition) is 6. The Bertz CT molecular complexity index is 1320. The van der Waals surface area contributed by atoms with Gasteiger partial charge < -0.3 is 20.0 Å². The van der Waals surface area contributed by atoms with Crippen molar-refractivity contribution < 1.29 is 19.8 Å². The lowest BCUT2D eigenvalue weighted by atomic mass is 9.74. The molecule has 1 aromatic carbocycles. The van der Waals surface area contributed by atoms with Gasteiger partial charge in [0.05, 0.1) is 11.1 Å². The number of aryl methyl sites for hydroxylation is 1. The lowest BCUT2D eigenvalue weighted by Crippen LogP contribution is -2.38. The van der Waals surface area contributed by atoms with Crippen molar-refractivity contribution in [1.29, 1.82) is 0 Å². The van der Waals surface area contributed by atoms with Crippen LogP contribution in [0, 0.1) is 0 Å². The average molecular weight is 457 g/mol. The van der Waals surface area contributed by atoms with E-state index >= 15 is 0 Å². The Hall–Kier alpha value is -3.28. The van der Waals surface area contributed by atoms with Crippen molar-refractivity contribution in [2.45, 2.75) is 51.4 Å². The normalized spacial score (nSPS) is 25.8. The molecule has 34 heavy (non-hydrogen) atoms. The zero-order chi connectivity index (χ0) is 23.1. The summed E-state index contributed by atoms with van der Waals surface area (Å²) in [5.41, 5.74) is 7.14. The molecule has 4 heterocycles. The highest BCUT2D eigenvalue weighted by Gasteiger charge is 2.43. The summed E-state index contributed by atoms with van der Waals surface area (Å²) in [7, 11) is 0. The third-order valence-corrected chi connectivity index (χ3v) is 8.43. The van der Waals surface area contributed by atoms with Crippen LogP contribution in [-0.2, 0) is 22.4 Å². The van der Waals surface area contributed by atoms with E-state index < -0.39 is 0 Å². The summed E-state index contributed by atoms with van der Waals surface area (Å²) in [4.78, 5) is 31.5. The first-order valence-corrected chi connectivity index (χ1v) is 12.6. The van der Waals surface area contributed by atoms with Gasteiger partial charge in [0.25, 0.3) is 0 Å². The molecule has 0 aromatic heterocycles. The monoisotopic (exact) mass is 456 g/mol. The highest BCUT2D eigenvalue weighted by molar-refractivity contribution is 6.41. The predicted molar refractivity (Wildman–Crippen MR) is 129 cm³/mol. The van der Waals surface area contributed by atoms with E-state index in [0.29, 0.717) is 11.1 Å². The maximum atomic E-state index is 13.4. The highest BCUT2D eigenvalue weighted by Crippen LogP contribution is 2.49. The van der Waals surface area contributed by atoms with Crippen LogP contribution in [0.15, 0.2) is 45.9 Å². The molecule has 2 aliphatic carbocycles. The fourth-order valence-electron chi connectivity index (χ4n) is 6.95. The molecule has 1 aromatic rings. The summed E-state index contributed by atoms with van der Waals surface area (Å²) < 4.78 is 0. The first kappa shape index (κ1) is 20.1. The van der Waals surface area contributed by atoms with E-state index in [9.17, 15) is 19.8 Å². The van der Waals surface area contributed by atoms with Gasteiger partial charge in [-0.25, -0.2) is 0 Å². The molecule has 2 N–H and O–H groups in total. The van der Waals surface area contributed by atoms with Gasteiger partial charge in [0, 0.05) is 59.8 Å². The van der Waals surface area contributed by atoms with Gasteiger partial charge in [-0.1, -0.05) is 0 Å².